The molecule has 2 aromatic carbocycles. The van der Waals surface area contributed by atoms with Crippen LogP contribution in [0.1, 0.15) is 11.1 Å². The maximum atomic E-state index is 10.8. The highest BCUT2D eigenvalue weighted by Crippen LogP contribution is 2.16. The summed E-state index contributed by atoms with van der Waals surface area (Å²) in [5, 5.41) is 22.8. The molecule has 0 atom stereocenters. The zero-order valence-corrected chi connectivity index (χ0v) is 12.6. The van der Waals surface area contributed by atoms with Gasteiger partial charge in [-0.1, -0.05) is 0 Å². The SMILES string of the molecule is O=C(CO)N/N=C\c1ccc(OCc2ccc([N+](=O)[O-])cc2)cc1. The van der Waals surface area contributed by atoms with Gasteiger partial charge in [-0.3, -0.25) is 14.9 Å². The van der Waals surface area contributed by atoms with Crippen LogP contribution in [-0.4, -0.2) is 28.8 Å². The summed E-state index contributed by atoms with van der Waals surface area (Å²) in [7, 11) is 0. The molecule has 0 aliphatic carbocycles. The number of rotatable bonds is 7. The maximum Gasteiger partial charge on any atom is 0.269 e. The van der Waals surface area contributed by atoms with Crippen molar-refractivity contribution in [1.29, 1.82) is 0 Å². The number of nitrogens with one attached hydrogen (secondary N) is 1. The fourth-order valence-electron chi connectivity index (χ4n) is 1.74. The molecule has 1 amide bonds. The number of nitrogens with zero attached hydrogens (tertiary/aromatic N) is 2. The third-order valence-corrected chi connectivity index (χ3v) is 2.98. The lowest BCUT2D eigenvalue weighted by molar-refractivity contribution is -0.384. The van der Waals surface area contributed by atoms with Crippen molar-refractivity contribution in [1.82, 2.24) is 5.43 Å². The molecule has 0 aliphatic rings. The second-order valence-electron chi connectivity index (χ2n) is 4.73. The molecule has 0 aromatic heterocycles. The van der Waals surface area contributed by atoms with E-state index >= 15 is 0 Å². The van der Waals surface area contributed by atoms with E-state index in [1.54, 1.807) is 36.4 Å². The van der Waals surface area contributed by atoms with Gasteiger partial charge in [0.25, 0.3) is 11.6 Å². The fourth-order valence-corrected chi connectivity index (χ4v) is 1.74. The van der Waals surface area contributed by atoms with Gasteiger partial charge in [-0.05, 0) is 47.5 Å². The van der Waals surface area contributed by atoms with Crippen molar-refractivity contribution >= 4 is 17.8 Å². The Bertz CT molecular complexity index is 726. The summed E-state index contributed by atoms with van der Waals surface area (Å²) in [4.78, 5) is 20.9. The Morgan fingerprint density at radius 1 is 1.21 bits per heavy atom. The van der Waals surface area contributed by atoms with Crippen molar-refractivity contribution < 1.29 is 19.6 Å². The van der Waals surface area contributed by atoms with Gasteiger partial charge in [0.05, 0.1) is 11.1 Å². The quantitative estimate of drug-likeness (QED) is 0.455. The predicted molar refractivity (Wildman–Crippen MR) is 86.7 cm³/mol. The van der Waals surface area contributed by atoms with E-state index in [-0.39, 0.29) is 12.3 Å². The molecular weight excluding hydrogens is 314 g/mol. The summed E-state index contributed by atoms with van der Waals surface area (Å²) >= 11 is 0. The molecule has 124 valence electrons. The van der Waals surface area contributed by atoms with E-state index < -0.39 is 17.4 Å². The molecule has 8 heteroatoms. The molecule has 0 heterocycles. The van der Waals surface area contributed by atoms with Crippen molar-refractivity contribution in [3.63, 3.8) is 0 Å². The number of hydrogen-bond acceptors (Lipinski definition) is 6. The number of ether oxygens (including phenoxy) is 1. The molecule has 0 fully saturated rings. The summed E-state index contributed by atoms with van der Waals surface area (Å²) in [6.07, 6.45) is 1.44. The van der Waals surface area contributed by atoms with Gasteiger partial charge in [-0.2, -0.15) is 5.10 Å². The summed E-state index contributed by atoms with van der Waals surface area (Å²) < 4.78 is 5.59. The Kier molecular flexibility index (Phi) is 5.98. The Labute approximate surface area is 137 Å². The highest BCUT2D eigenvalue weighted by molar-refractivity contribution is 5.82. The van der Waals surface area contributed by atoms with Crippen molar-refractivity contribution in [2.45, 2.75) is 6.61 Å². The number of nitro groups is 1. The molecule has 2 rings (SSSR count). The maximum absolute atomic E-state index is 10.8. The minimum atomic E-state index is -0.618. The molecule has 0 unspecified atom stereocenters. The van der Waals surface area contributed by atoms with E-state index in [9.17, 15) is 14.9 Å². The molecule has 0 saturated carbocycles. The second-order valence-corrected chi connectivity index (χ2v) is 4.73. The number of amides is 1. The summed E-state index contributed by atoms with van der Waals surface area (Å²) in [6.45, 7) is -0.329. The van der Waals surface area contributed by atoms with Crippen LogP contribution >= 0.6 is 0 Å². The second kappa shape index (κ2) is 8.39. The average Bonchev–Trinajstić information content (AvgIpc) is 2.61. The van der Waals surface area contributed by atoms with Crippen LogP contribution in [0.25, 0.3) is 0 Å². The standard InChI is InChI=1S/C16H15N3O5/c20-10-16(21)18-17-9-12-3-7-15(8-4-12)24-11-13-1-5-14(6-2-13)19(22)23/h1-9,20H,10-11H2,(H,18,21)/b17-9-. The highest BCUT2D eigenvalue weighted by atomic mass is 16.6. The number of benzene rings is 2. The summed E-state index contributed by atoms with van der Waals surface area (Å²) in [5.74, 6) is 0.0409. The number of carbonyl (C=O) groups excluding carboxylic acids is 1. The Balaban J connectivity index is 1.87. The monoisotopic (exact) mass is 329 g/mol. The molecule has 0 aliphatic heterocycles. The third-order valence-electron chi connectivity index (χ3n) is 2.98. The smallest absolute Gasteiger partial charge is 0.269 e. The van der Waals surface area contributed by atoms with Gasteiger partial charge < -0.3 is 9.84 Å². The van der Waals surface area contributed by atoms with Crippen LogP contribution in [0, 0.1) is 10.1 Å². The largest absolute Gasteiger partial charge is 0.489 e. The van der Waals surface area contributed by atoms with Crippen LogP contribution in [0.4, 0.5) is 5.69 Å². The molecule has 0 saturated heterocycles. The summed E-state index contributed by atoms with van der Waals surface area (Å²) in [5.41, 5.74) is 3.76. The first kappa shape index (κ1) is 17.1. The van der Waals surface area contributed by atoms with Gasteiger partial charge in [0.1, 0.15) is 19.0 Å². The first-order chi connectivity index (χ1) is 11.6. The zero-order valence-electron chi connectivity index (χ0n) is 12.6. The molecule has 2 N–H and O–H groups in total. The van der Waals surface area contributed by atoms with Crippen LogP contribution in [0.15, 0.2) is 53.6 Å². The topological polar surface area (TPSA) is 114 Å². The number of aliphatic hydroxyl groups excluding tert-OH is 1. The van der Waals surface area contributed by atoms with Gasteiger partial charge in [-0.25, -0.2) is 5.43 Å². The van der Waals surface area contributed by atoms with Crippen LogP contribution in [-0.2, 0) is 11.4 Å². The molecule has 8 nitrogen and oxygen atoms in total. The number of nitro benzene ring substituents is 1. The lowest BCUT2D eigenvalue weighted by Gasteiger charge is -2.06. The van der Waals surface area contributed by atoms with Crippen LogP contribution in [0.3, 0.4) is 0 Å². The minimum Gasteiger partial charge on any atom is -0.489 e. The van der Waals surface area contributed by atoms with Gasteiger partial charge in [-0.15, -0.1) is 0 Å². The van der Waals surface area contributed by atoms with Crippen molar-refractivity contribution in [3.05, 3.63) is 69.8 Å². The van der Waals surface area contributed by atoms with Crippen molar-refractivity contribution in [2.24, 2.45) is 5.10 Å². The van der Waals surface area contributed by atoms with Crippen LogP contribution < -0.4 is 10.2 Å². The lowest BCUT2D eigenvalue weighted by atomic mass is 10.2. The molecule has 2 aromatic rings. The van der Waals surface area contributed by atoms with E-state index in [2.05, 4.69) is 10.5 Å². The average molecular weight is 329 g/mol. The Hall–Kier alpha value is -3.26. The molecule has 0 radical (unpaired) electrons. The number of hydrogen-bond donors (Lipinski definition) is 2. The van der Waals surface area contributed by atoms with E-state index in [4.69, 9.17) is 9.84 Å². The Morgan fingerprint density at radius 2 is 1.88 bits per heavy atom. The number of aliphatic hydroxyl groups is 1. The van der Waals surface area contributed by atoms with Gasteiger partial charge in [0.2, 0.25) is 0 Å². The van der Waals surface area contributed by atoms with E-state index in [0.29, 0.717) is 5.75 Å². The molecular formula is C16H15N3O5. The molecule has 0 bridgehead atoms. The molecule has 24 heavy (non-hydrogen) atoms. The zero-order chi connectivity index (χ0) is 17.4. The lowest BCUT2D eigenvalue weighted by Crippen LogP contribution is -2.20. The number of carbonyl (C=O) groups is 1. The Morgan fingerprint density at radius 3 is 2.46 bits per heavy atom. The first-order valence-electron chi connectivity index (χ1n) is 6.97. The minimum absolute atomic E-state index is 0.0377. The first-order valence-corrected chi connectivity index (χ1v) is 6.97. The van der Waals surface area contributed by atoms with Gasteiger partial charge in [0, 0.05) is 12.1 Å². The highest BCUT2D eigenvalue weighted by Gasteiger charge is 2.04. The van der Waals surface area contributed by atoms with Crippen LogP contribution in [0.5, 0.6) is 5.75 Å². The van der Waals surface area contributed by atoms with E-state index in [0.717, 1.165) is 11.1 Å². The fraction of sp³-hybridized carbons (Fsp3) is 0.125. The number of non-ortho nitro benzene ring substituents is 1. The van der Waals surface area contributed by atoms with Gasteiger partial charge >= 0.3 is 0 Å². The van der Waals surface area contributed by atoms with Crippen LogP contribution in [0.2, 0.25) is 0 Å². The van der Waals surface area contributed by atoms with Crippen molar-refractivity contribution in [2.75, 3.05) is 6.61 Å². The van der Waals surface area contributed by atoms with Crippen molar-refractivity contribution in [3.8, 4) is 5.75 Å². The third kappa shape index (κ3) is 5.18. The number of hydrazone groups is 1. The van der Waals surface area contributed by atoms with E-state index in [1.165, 1.54) is 18.3 Å². The van der Waals surface area contributed by atoms with E-state index in [1.807, 2.05) is 0 Å². The normalized spacial score (nSPS) is 10.5. The summed E-state index contributed by atoms with van der Waals surface area (Å²) in [6, 6.07) is 13.1. The van der Waals surface area contributed by atoms with Gasteiger partial charge in [0.15, 0.2) is 0 Å². The molecule has 0 spiro atoms. The predicted octanol–water partition coefficient (Wildman–Crippen LogP) is 1.62.